The number of fused-ring (bicyclic) bond motifs is 3. The molecule has 0 aliphatic heterocycles. The molecule has 0 heterocycles. The highest BCUT2D eigenvalue weighted by Crippen LogP contribution is 2.60. The fraction of sp³-hybridized carbons (Fsp3) is 0.474. The normalized spacial score (nSPS) is 28.2. The van der Waals surface area contributed by atoms with E-state index in [4.69, 9.17) is 9.47 Å². The third-order valence-electron chi connectivity index (χ3n) is 5.60. The number of ether oxygens (including phenoxy) is 2. The van der Waals surface area contributed by atoms with Crippen molar-refractivity contribution in [2.45, 2.75) is 38.5 Å². The summed E-state index contributed by atoms with van der Waals surface area (Å²) < 4.78 is 10.1. The highest BCUT2D eigenvalue weighted by atomic mass is 16.5. The monoisotopic (exact) mass is 330 g/mol. The maximum atomic E-state index is 12.6. The maximum absolute atomic E-state index is 12.6. The Bertz CT molecular complexity index is 763. The zero-order valence-corrected chi connectivity index (χ0v) is 14.4. The Kier molecular flexibility index (Phi) is 3.70. The van der Waals surface area contributed by atoms with Gasteiger partial charge in [-0.3, -0.25) is 4.79 Å². The Balaban J connectivity index is 2.36. The number of methoxy groups -OCH3 is 2. The Hall–Kier alpha value is -2.30. The van der Waals surface area contributed by atoms with Gasteiger partial charge in [-0.15, -0.1) is 0 Å². The van der Waals surface area contributed by atoms with Gasteiger partial charge in [0.05, 0.1) is 25.2 Å². The molecule has 0 aromatic heterocycles. The number of carbonyl (C=O) groups is 2. The van der Waals surface area contributed by atoms with E-state index in [1.807, 2.05) is 13.8 Å². The summed E-state index contributed by atoms with van der Waals surface area (Å²) in [6, 6.07) is 4.97. The molecule has 1 saturated carbocycles. The van der Waals surface area contributed by atoms with Crippen molar-refractivity contribution in [2.75, 3.05) is 14.2 Å². The molecule has 0 radical (unpaired) electrons. The minimum absolute atomic E-state index is 0.144. The molecule has 24 heavy (non-hydrogen) atoms. The van der Waals surface area contributed by atoms with Crippen LogP contribution in [0.25, 0.3) is 5.57 Å². The van der Waals surface area contributed by atoms with Gasteiger partial charge in [-0.25, -0.2) is 4.79 Å². The maximum Gasteiger partial charge on any atom is 0.338 e. The molecule has 2 atom stereocenters. The van der Waals surface area contributed by atoms with Crippen molar-refractivity contribution in [3.63, 3.8) is 0 Å². The second-order valence-electron chi connectivity index (χ2n) is 6.98. The molecule has 1 aromatic rings. The molecule has 3 rings (SSSR count). The summed E-state index contributed by atoms with van der Waals surface area (Å²) in [4.78, 5) is 25.2. The molecule has 2 aliphatic carbocycles. The van der Waals surface area contributed by atoms with E-state index < -0.39 is 16.8 Å². The van der Waals surface area contributed by atoms with Crippen LogP contribution >= 0.6 is 0 Å². The van der Waals surface area contributed by atoms with Crippen molar-refractivity contribution in [2.24, 2.45) is 5.41 Å². The van der Waals surface area contributed by atoms with Crippen LogP contribution in [0.1, 0.15) is 44.2 Å². The minimum atomic E-state index is -0.889. The molecule has 2 aliphatic rings. The molecule has 1 fully saturated rings. The second kappa shape index (κ2) is 5.36. The van der Waals surface area contributed by atoms with Gasteiger partial charge < -0.3 is 14.6 Å². The van der Waals surface area contributed by atoms with Crippen molar-refractivity contribution in [3.05, 3.63) is 34.9 Å². The van der Waals surface area contributed by atoms with Crippen LogP contribution in [0.15, 0.2) is 23.8 Å². The molecule has 0 unspecified atom stereocenters. The molecular weight excluding hydrogens is 308 g/mol. The van der Waals surface area contributed by atoms with Gasteiger partial charge in [0.15, 0.2) is 0 Å². The quantitative estimate of drug-likeness (QED) is 0.844. The lowest BCUT2D eigenvalue weighted by atomic mass is 9.59. The summed E-state index contributed by atoms with van der Waals surface area (Å²) in [6.45, 7) is 3.86. The Morgan fingerprint density at radius 3 is 2.46 bits per heavy atom. The van der Waals surface area contributed by atoms with Crippen LogP contribution in [0.5, 0.6) is 5.75 Å². The Morgan fingerprint density at radius 2 is 1.83 bits per heavy atom. The number of phenols is 1. The van der Waals surface area contributed by atoms with E-state index in [0.717, 1.165) is 29.5 Å². The summed E-state index contributed by atoms with van der Waals surface area (Å²) in [7, 11) is 2.70. The summed E-state index contributed by atoms with van der Waals surface area (Å²) >= 11 is 0. The molecule has 1 N–H and O–H groups in total. The van der Waals surface area contributed by atoms with Gasteiger partial charge in [-0.05, 0) is 48.6 Å². The van der Waals surface area contributed by atoms with Gasteiger partial charge in [0, 0.05) is 5.41 Å². The Morgan fingerprint density at radius 1 is 1.12 bits per heavy atom. The van der Waals surface area contributed by atoms with Gasteiger partial charge in [0.25, 0.3) is 0 Å². The number of carbonyl (C=O) groups excluding carboxylic acids is 2. The van der Waals surface area contributed by atoms with Crippen LogP contribution < -0.4 is 0 Å². The number of hydrogen-bond donors (Lipinski definition) is 1. The largest absolute Gasteiger partial charge is 0.508 e. The van der Waals surface area contributed by atoms with Crippen LogP contribution in [0.3, 0.4) is 0 Å². The third-order valence-corrected chi connectivity index (χ3v) is 5.60. The molecule has 0 bridgehead atoms. The van der Waals surface area contributed by atoms with Gasteiger partial charge >= 0.3 is 11.9 Å². The molecule has 0 spiro atoms. The summed E-state index contributed by atoms with van der Waals surface area (Å²) in [5.74, 6) is -0.662. The van der Waals surface area contributed by atoms with Gasteiger partial charge in [-0.1, -0.05) is 19.4 Å². The van der Waals surface area contributed by atoms with Gasteiger partial charge in [0.1, 0.15) is 5.75 Å². The molecule has 5 heteroatoms. The molecule has 0 amide bonds. The topological polar surface area (TPSA) is 72.8 Å². The van der Waals surface area contributed by atoms with E-state index in [1.54, 1.807) is 18.2 Å². The first-order valence-corrected chi connectivity index (χ1v) is 8.05. The zero-order valence-electron chi connectivity index (χ0n) is 14.4. The van der Waals surface area contributed by atoms with E-state index >= 15 is 0 Å². The summed E-state index contributed by atoms with van der Waals surface area (Å²) in [5, 5.41) is 9.94. The van der Waals surface area contributed by atoms with Crippen LogP contribution in [-0.2, 0) is 24.5 Å². The average Bonchev–Trinajstić information content (AvgIpc) is 2.83. The first-order valence-electron chi connectivity index (χ1n) is 8.05. The lowest BCUT2D eigenvalue weighted by Crippen LogP contribution is -2.43. The number of rotatable bonds is 2. The first kappa shape index (κ1) is 16.6. The summed E-state index contributed by atoms with van der Waals surface area (Å²) in [5.41, 5.74) is 1.39. The van der Waals surface area contributed by atoms with Gasteiger partial charge in [0.2, 0.25) is 0 Å². The SMILES string of the molecule is COC(=O)C1=C2[C@](C)(C(=O)OC)CCC[C@@]2(C)c2cc(O)ccc21. The number of benzene rings is 1. The predicted molar refractivity (Wildman–Crippen MR) is 88.4 cm³/mol. The lowest BCUT2D eigenvalue weighted by molar-refractivity contribution is -0.151. The van der Waals surface area contributed by atoms with E-state index in [9.17, 15) is 14.7 Å². The van der Waals surface area contributed by atoms with E-state index in [-0.39, 0.29) is 11.7 Å². The van der Waals surface area contributed by atoms with Gasteiger partial charge in [-0.2, -0.15) is 0 Å². The van der Waals surface area contributed by atoms with Crippen molar-refractivity contribution in [3.8, 4) is 5.75 Å². The molecule has 5 nitrogen and oxygen atoms in total. The van der Waals surface area contributed by atoms with Crippen LogP contribution in [-0.4, -0.2) is 31.3 Å². The number of aromatic hydroxyl groups is 1. The van der Waals surface area contributed by atoms with Crippen molar-refractivity contribution in [1.29, 1.82) is 0 Å². The van der Waals surface area contributed by atoms with Crippen molar-refractivity contribution >= 4 is 17.5 Å². The highest BCUT2D eigenvalue weighted by Gasteiger charge is 2.56. The average molecular weight is 330 g/mol. The number of hydrogen-bond acceptors (Lipinski definition) is 5. The first-order chi connectivity index (χ1) is 11.3. The zero-order chi connectivity index (χ0) is 17.7. The standard InChI is InChI=1S/C19H22O5/c1-18-8-5-9-19(2,17(22)24-4)15(18)14(16(21)23-3)12-7-6-11(20)10-13(12)18/h6-7,10,20H,5,8-9H2,1-4H3/t18-,19+/m0/s1. The number of phenolic OH excluding ortho intramolecular Hbond substituents is 1. The molecule has 0 saturated heterocycles. The van der Waals surface area contributed by atoms with Crippen LogP contribution in [0, 0.1) is 5.41 Å². The summed E-state index contributed by atoms with van der Waals surface area (Å²) in [6.07, 6.45) is 2.24. The van der Waals surface area contributed by atoms with E-state index in [0.29, 0.717) is 12.0 Å². The smallest absolute Gasteiger partial charge is 0.338 e. The number of esters is 2. The fourth-order valence-corrected chi connectivity index (χ4v) is 4.56. The fourth-order valence-electron chi connectivity index (χ4n) is 4.56. The highest BCUT2D eigenvalue weighted by molar-refractivity contribution is 6.21. The van der Waals surface area contributed by atoms with Crippen molar-refractivity contribution in [1.82, 2.24) is 0 Å². The van der Waals surface area contributed by atoms with E-state index in [1.165, 1.54) is 14.2 Å². The second-order valence-corrected chi connectivity index (χ2v) is 6.98. The molecule has 1 aromatic carbocycles. The molecule has 128 valence electrons. The predicted octanol–water partition coefficient (Wildman–Crippen LogP) is 2.95. The molecular formula is C19H22O5. The lowest BCUT2D eigenvalue weighted by Gasteiger charge is -2.44. The minimum Gasteiger partial charge on any atom is -0.508 e. The van der Waals surface area contributed by atoms with Crippen LogP contribution in [0.4, 0.5) is 0 Å². The van der Waals surface area contributed by atoms with E-state index in [2.05, 4.69) is 0 Å². The van der Waals surface area contributed by atoms with Crippen LogP contribution in [0.2, 0.25) is 0 Å². The Labute approximate surface area is 141 Å². The van der Waals surface area contributed by atoms with Crippen molar-refractivity contribution < 1.29 is 24.2 Å². The third kappa shape index (κ3) is 2.00.